The van der Waals surface area contributed by atoms with Gasteiger partial charge in [0.15, 0.2) is 0 Å². The Morgan fingerprint density at radius 3 is 2.76 bits per heavy atom. The molecule has 0 unspecified atom stereocenters. The molecule has 1 aromatic heterocycles. The minimum atomic E-state index is 0.674. The predicted octanol–water partition coefficient (Wildman–Crippen LogP) is 4.32. The Labute approximate surface area is 128 Å². The third-order valence-corrected chi connectivity index (χ3v) is 3.82. The van der Waals surface area contributed by atoms with Crippen molar-refractivity contribution in [2.45, 2.75) is 13.5 Å². The maximum absolute atomic E-state index is 6.25. The van der Waals surface area contributed by atoms with Crippen molar-refractivity contribution in [1.29, 1.82) is 0 Å². The van der Waals surface area contributed by atoms with Gasteiger partial charge in [0.1, 0.15) is 5.75 Å². The van der Waals surface area contributed by atoms with Crippen LogP contribution in [0.4, 0.5) is 5.69 Å². The van der Waals surface area contributed by atoms with Crippen molar-refractivity contribution in [2.24, 2.45) is 0 Å². The van der Waals surface area contributed by atoms with E-state index in [9.17, 15) is 0 Å². The zero-order chi connectivity index (χ0) is 14.8. The molecule has 1 heterocycles. The zero-order valence-electron chi connectivity index (χ0n) is 11.8. The van der Waals surface area contributed by atoms with Crippen molar-refractivity contribution >= 4 is 28.2 Å². The Morgan fingerprint density at radius 1 is 1.14 bits per heavy atom. The number of rotatable bonds is 4. The number of nitrogens with two attached hydrogens (primary N) is 1. The van der Waals surface area contributed by atoms with Gasteiger partial charge in [-0.05, 0) is 48.9 Å². The summed E-state index contributed by atoms with van der Waals surface area (Å²) in [6.07, 6.45) is 2.06. The molecule has 0 aliphatic carbocycles. The van der Waals surface area contributed by atoms with Gasteiger partial charge < -0.3 is 15.0 Å². The molecule has 21 heavy (non-hydrogen) atoms. The highest BCUT2D eigenvalue weighted by molar-refractivity contribution is 6.31. The van der Waals surface area contributed by atoms with E-state index >= 15 is 0 Å². The number of nitrogens with zero attached hydrogens (tertiary/aromatic N) is 1. The van der Waals surface area contributed by atoms with Gasteiger partial charge in [-0.3, -0.25) is 0 Å². The highest BCUT2D eigenvalue weighted by Gasteiger charge is 2.06. The van der Waals surface area contributed by atoms with Gasteiger partial charge in [-0.15, -0.1) is 0 Å². The molecule has 0 radical (unpaired) electrons. The summed E-state index contributed by atoms with van der Waals surface area (Å²) in [5, 5.41) is 1.86. The van der Waals surface area contributed by atoms with Crippen molar-refractivity contribution in [3.63, 3.8) is 0 Å². The van der Waals surface area contributed by atoms with Crippen LogP contribution < -0.4 is 10.5 Å². The Hall–Kier alpha value is -2.13. The van der Waals surface area contributed by atoms with Gasteiger partial charge >= 0.3 is 0 Å². The van der Waals surface area contributed by atoms with E-state index in [2.05, 4.69) is 29.0 Å². The fraction of sp³-hybridized carbons (Fsp3) is 0.176. The van der Waals surface area contributed by atoms with Gasteiger partial charge in [0.2, 0.25) is 0 Å². The standard InChI is InChI=1S/C17H17ClN2O/c1-2-21-15-5-6-17-12(9-15)7-8-20(17)11-13-3-4-14(19)10-16(13)18/h3-10H,2,11,19H2,1H3. The average Bonchev–Trinajstić information content (AvgIpc) is 2.85. The van der Waals surface area contributed by atoms with Gasteiger partial charge in [-0.2, -0.15) is 0 Å². The lowest BCUT2D eigenvalue weighted by atomic mass is 10.2. The molecular formula is C17H17ClN2O. The van der Waals surface area contributed by atoms with Crippen LogP contribution in [0.1, 0.15) is 12.5 Å². The molecule has 2 N–H and O–H groups in total. The number of fused-ring (bicyclic) bond motifs is 1. The van der Waals surface area contributed by atoms with Crippen LogP contribution in [0.5, 0.6) is 5.75 Å². The first-order valence-corrected chi connectivity index (χ1v) is 7.31. The molecule has 0 atom stereocenters. The Balaban J connectivity index is 1.94. The van der Waals surface area contributed by atoms with E-state index in [0.29, 0.717) is 17.3 Å². The van der Waals surface area contributed by atoms with E-state index in [1.807, 2.05) is 25.1 Å². The third kappa shape index (κ3) is 2.83. The van der Waals surface area contributed by atoms with E-state index in [0.717, 1.165) is 28.8 Å². The van der Waals surface area contributed by atoms with Crippen LogP contribution in [0.3, 0.4) is 0 Å². The molecule has 0 bridgehead atoms. The molecule has 0 aliphatic rings. The van der Waals surface area contributed by atoms with Crippen molar-refractivity contribution in [3.05, 3.63) is 59.2 Å². The first kappa shape index (κ1) is 13.8. The van der Waals surface area contributed by atoms with E-state index in [1.54, 1.807) is 6.07 Å². The largest absolute Gasteiger partial charge is 0.494 e. The number of benzene rings is 2. The number of ether oxygens (including phenoxy) is 1. The van der Waals surface area contributed by atoms with Gasteiger partial charge in [-0.25, -0.2) is 0 Å². The SMILES string of the molecule is CCOc1ccc2c(ccn2Cc2ccc(N)cc2Cl)c1. The monoisotopic (exact) mass is 300 g/mol. The van der Waals surface area contributed by atoms with E-state index in [4.69, 9.17) is 22.1 Å². The van der Waals surface area contributed by atoms with Crippen LogP contribution in [-0.2, 0) is 6.54 Å². The maximum Gasteiger partial charge on any atom is 0.120 e. The summed E-state index contributed by atoms with van der Waals surface area (Å²) in [6, 6.07) is 13.8. The molecule has 2 aromatic carbocycles. The van der Waals surface area contributed by atoms with Crippen LogP contribution in [0.25, 0.3) is 10.9 Å². The Morgan fingerprint density at radius 2 is 2.00 bits per heavy atom. The molecule has 0 amide bonds. The smallest absolute Gasteiger partial charge is 0.120 e. The molecule has 108 valence electrons. The molecule has 0 saturated heterocycles. The molecular weight excluding hydrogens is 284 g/mol. The van der Waals surface area contributed by atoms with Gasteiger partial charge in [0.05, 0.1) is 6.61 Å². The fourth-order valence-electron chi connectivity index (χ4n) is 2.45. The van der Waals surface area contributed by atoms with Gasteiger partial charge in [0, 0.05) is 34.4 Å². The molecule has 0 spiro atoms. The highest BCUT2D eigenvalue weighted by Crippen LogP contribution is 2.25. The predicted molar refractivity (Wildman–Crippen MR) is 88.1 cm³/mol. The van der Waals surface area contributed by atoms with Crippen LogP contribution >= 0.6 is 11.6 Å². The summed E-state index contributed by atoms with van der Waals surface area (Å²) in [4.78, 5) is 0. The molecule has 3 nitrogen and oxygen atoms in total. The van der Waals surface area contributed by atoms with E-state index < -0.39 is 0 Å². The van der Waals surface area contributed by atoms with Crippen LogP contribution in [-0.4, -0.2) is 11.2 Å². The average molecular weight is 301 g/mol. The lowest BCUT2D eigenvalue weighted by molar-refractivity contribution is 0.340. The number of hydrogen-bond acceptors (Lipinski definition) is 2. The molecule has 0 saturated carbocycles. The van der Waals surface area contributed by atoms with Gasteiger partial charge in [-0.1, -0.05) is 17.7 Å². The molecule has 3 rings (SSSR count). The Kier molecular flexibility index (Phi) is 3.76. The number of aromatic nitrogens is 1. The molecule has 0 aliphatic heterocycles. The summed E-state index contributed by atoms with van der Waals surface area (Å²) in [5.41, 5.74) is 8.63. The van der Waals surface area contributed by atoms with E-state index in [1.165, 1.54) is 0 Å². The molecule has 0 fully saturated rings. The van der Waals surface area contributed by atoms with Crippen molar-refractivity contribution in [1.82, 2.24) is 4.57 Å². The second-order valence-electron chi connectivity index (χ2n) is 4.95. The lowest BCUT2D eigenvalue weighted by Crippen LogP contribution is -1.99. The quantitative estimate of drug-likeness (QED) is 0.729. The van der Waals surface area contributed by atoms with Crippen molar-refractivity contribution in [2.75, 3.05) is 12.3 Å². The summed E-state index contributed by atoms with van der Waals surface area (Å²) in [6.45, 7) is 3.38. The second kappa shape index (κ2) is 5.70. The second-order valence-corrected chi connectivity index (χ2v) is 5.36. The van der Waals surface area contributed by atoms with Crippen molar-refractivity contribution in [3.8, 4) is 5.75 Å². The summed E-state index contributed by atoms with van der Waals surface area (Å²) >= 11 is 6.25. The number of anilines is 1. The summed E-state index contributed by atoms with van der Waals surface area (Å²) in [5.74, 6) is 0.897. The Bertz CT molecular complexity index is 780. The lowest BCUT2D eigenvalue weighted by Gasteiger charge is -2.09. The molecule has 3 aromatic rings. The number of halogens is 1. The zero-order valence-corrected chi connectivity index (χ0v) is 12.6. The van der Waals surface area contributed by atoms with Gasteiger partial charge in [0.25, 0.3) is 0 Å². The topological polar surface area (TPSA) is 40.2 Å². The number of nitrogen functional groups attached to an aromatic ring is 1. The summed E-state index contributed by atoms with van der Waals surface area (Å²) < 4.78 is 7.70. The molecule has 4 heteroatoms. The van der Waals surface area contributed by atoms with Crippen LogP contribution in [0.2, 0.25) is 5.02 Å². The first-order valence-electron chi connectivity index (χ1n) is 6.93. The van der Waals surface area contributed by atoms with E-state index in [-0.39, 0.29) is 0 Å². The number of hydrogen-bond donors (Lipinski definition) is 1. The maximum atomic E-state index is 6.25. The first-order chi connectivity index (χ1) is 10.2. The highest BCUT2D eigenvalue weighted by atomic mass is 35.5. The van der Waals surface area contributed by atoms with Crippen LogP contribution in [0.15, 0.2) is 48.7 Å². The normalized spacial score (nSPS) is 11.0. The fourth-order valence-corrected chi connectivity index (χ4v) is 2.70. The minimum absolute atomic E-state index is 0.674. The van der Waals surface area contributed by atoms with Crippen LogP contribution in [0, 0.1) is 0 Å². The third-order valence-electron chi connectivity index (χ3n) is 3.47. The minimum Gasteiger partial charge on any atom is -0.494 e. The van der Waals surface area contributed by atoms with Crippen molar-refractivity contribution < 1.29 is 4.74 Å². The summed E-state index contributed by atoms with van der Waals surface area (Å²) in [7, 11) is 0.